The van der Waals surface area contributed by atoms with Gasteiger partial charge in [-0.3, -0.25) is 39.0 Å². The van der Waals surface area contributed by atoms with E-state index in [1.807, 2.05) is 79.2 Å². The van der Waals surface area contributed by atoms with Crippen molar-refractivity contribution in [1.82, 2.24) is 5.32 Å². The predicted octanol–water partition coefficient (Wildman–Crippen LogP) is 8.04. The van der Waals surface area contributed by atoms with Crippen molar-refractivity contribution < 1.29 is 47.6 Å². The summed E-state index contributed by atoms with van der Waals surface area (Å²) in [6.45, 7) is 1.90. The van der Waals surface area contributed by atoms with Gasteiger partial charge < -0.3 is 38.6 Å². The Labute approximate surface area is 424 Å². The van der Waals surface area contributed by atoms with Crippen LogP contribution in [0.15, 0.2) is 101 Å². The highest BCUT2D eigenvalue weighted by atomic mass is 32.1. The van der Waals surface area contributed by atoms with Crippen LogP contribution in [0.5, 0.6) is 23.0 Å². The minimum atomic E-state index is -0.229. The molecule has 0 unspecified atom stereocenters. The fourth-order valence-electron chi connectivity index (χ4n) is 9.55. The van der Waals surface area contributed by atoms with Crippen molar-refractivity contribution in [2.24, 2.45) is 9.98 Å². The molecule has 0 spiro atoms. The number of benzene rings is 5. The first kappa shape index (κ1) is 49.8. The van der Waals surface area contributed by atoms with Gasteiger partial charge in [0.1, 0.15) is 13.2 Å². The van der Waals surface area contributed by atoms with E-state index in [4.69, 9.17) is 38.4 Å². The second kappa shape index (κ2) is 22.9. The van der Waals surface area contributed by atoms with Gasteiger partial charge in [0.2, 0.25) is 11.8 Å². The van der Waals surface area contributed by atoms with Crippen LogP contribution in [0.1, 0.15) is 68.7 Å². The molecule has 0 aliphatic carbocycles. The summed E-state index contributed by atoms with van der Waals surface area (Å²) in [7, 11) is 4.67. The maximum absolute atomic E-state index is 14.2. The number of carbonyl (C=O) groups is 4. The molecule has 5 aromatic carbocycles. The first-order valence-corrected chi connectivity index (χ1v) is 24.8. The molecule has 0 bridgehead atoms. The van der Waals surface area contributed by atoms with Crippen LogP contribution >= 0.6 is 12.6 Å². The zero-order chi connectivity index (χ0) is 50.1. The predicted molar refractivity (Wildman–Crippen MR) is 279 cm³/mol. The van der Waals surface area contributed by atoms with E-state index in [-0.39, 0.29) is 74.9 Å². The van der Waals surface area contributed by atoms with E-state index in [1.54, 1.807) is 46.1 Å². The number of amides is 4. The number of methoxy groups -OCH3 is 3. The summed E-state index contributed by atoms with van der Waals surface area (Å²) in [6, 6.07) is 27.7. The van der Waals surface area contributed by atoms with Crippen LogP contribution in [0.3, 0.4) is 0 Å². The number of rotatable bonds is 22. The molecule has 374 valence electrons. The Morgan fingerprint density at radius 3 is 1.76 bits per heavy atom. The van der Waals surface area contributed by atoms with Gasteiger partial charge in [-0.15, -0.1) is 0 Å². The molecular formula is C55H58N6O10S. The molecule has 72 heavy (non-hydrogen) atoms. The molecule has 2 atom stereocenters. The van der Waals surface area contributed by atoms with E-state index in [9.17, 15) is 19.2 Å². The van der Waals surface area contributed by atoms with Crippen molar-refractivity contribution in [1.29, 1.82) is 0 Å². The molecule has 0 aromatic heterocycles. The van der Waals surface area contributed by atoms with E-state index in [0.29, 0.717) is 114 Å². The zero-order valence-corrected chi connectivity index (χ0v) is 41.5. The summed E-state index contributed by atoms with van der Waals surface area (Å²) in [5.41, 5.74) is 7.51. The average molecular weight is 995 g/mol. The zero-order valence-electron chi connectivity index (χ0n) is 40.6. The van der Waals surface area contributed by atoms with Gasteiger partial charge in [-0.05, 0) is 77.6 Å². The second-order valence-electron chi connectivity index (χ2n) is 17.8. The molecule has 0 saturated heterocycles. The van der Waals surface area contributed by atoms with Gasteiger partial charge in [-0.1, -0.05) is 36.4 Å². The quantitative estimate of drug-likeness (QED) is 0.0511. The lowest BCUT2D eigenvalue weighted by Crippen LogP contribution is -2.37. The normalized spacial score (nSPS) is 15.9. The molecular weight excluding hydrogens is 937 g/mol. The maximum Gasteiger partial charge on any atom is 0.261 e. The smallest absolute Gasteiger partial charge is 0.261 e. The van der Waals surface area contributed by atoms with Gasteiger partial charge in [0.05, 0.1) is 61.8 Å². The van der Waals surface area contributed by atoms with Gasteiger partial charge >= 0.3 is 0 Å². The van der Waals surface area contributed by atoms with Crippen molar-refractivity contribution in [2.75, 3.05) is 74.7 Å². The lowest BCUT2D eigenvalue weighted by atomic mass is 10.1. The van der Waals surface area contributed by atoms with Gasteiger partial charge in [0.15, 0.2) is 23.0 Å². The first-order chi connectivity index (χ1) is 35.2. The topological polar surface area (TPSA) is 170 Å². The SMILES string of the molecule is COCCCOCCC(=O)N(CCCC(=O)NCCS)c1cc(COc2cc3c(cc2OC)C(=O)N2c4ccccc4C[C@H]2C=N3)cc(COc2cc3c(cc2OC)C(=O)N2c4ccccc4C[C@H]2C=N3)c1. The average Bonchev–Trinajstić information content (AvgIpc) is 3.89. The van der Waals surface area contributed by atoms with Crippen LogP contribution in [0.25, 0.3) is 0 Å². The molecule has 17 heteroatoms. The largest absolute Gasteiger partial charge is 0.493 e. The summed E-state index contributed by atoms with van der Waals surface area (Å²) in [5.74, 6) is 1.25. The van der Waals surface area contributed by atoms with Gasteiger partial charge in [-0.2, -0.15) is 12.6 Å². The number of anilines is 3. The third-order valence-corrected chi connectivity index (χ3v) is 13.2. The molecule has 4 heterocycles. The van der Waals surface area contributed by atoms with E-state index >= 15 is 0 Å². The van der Waals surface area contributed by atoms with Crippen LogP contribution in [-0.2, 0) is 45.1 Å². The number of nitrogens with one attached hydrogen (secondary N) is 1. The molecule has 0 radical (unpaired) electrons. The van der Waals surface area contributed by atoms with E-state index in [1.165, 1.54) is 14.2 Å². The Balaban J connectivity index is 1.01. The molecule has 16 nitrogen and oxygen atoms in total. The molecule has 4 aliphatic heterocycles. The van der Waals surface area contributed by atoms with Crippen molar-refractivity contribution in [2.45, 2.75) is 63.8 Å². The summed E-state index contributed by atoms with van der Waals surface area (Å²) in [5, 5.41) is 2.85. The number of para-hydroxylation sites is 2. The highest BCUT2D eigenvalue weighted by Crippen LogP contribution is 2.43. The lowest BCUT2D eigenvalue weighted by Gasteiger charge is -2.25. The molecule has 5 aromatic rings. The van der Waals surface area contributed by atoms with Crippen molar-refractivity contribution in [3.05, 3.63) is 124 Å². The number of carbonyl (C=O) groups excluding carboxylic acids is 4. The van der Waals surface area contributed by atoms with Crippen molar-refractivity contribution >= 4 is 77.1 Å². The number of thiol groups is 1. The number of ether oxygens (including phenoxy) is 6. The van der Waals surface area contributed by atoms with Crippen LogP contribution < -0.4 is 39.0 Å². The highest BCUT2D eigenvalue weighted by Gasteiger charge is 2.38. The second-order valence-corrected chi connectivity index (χ2v) is 18.2. The highest BCUT2D eigenvalue weighted by molar-refractivity contribution is 7.80. The maximum atomic E-state index is 14.2. The van der Waals surface area contributed by atoms with Crippen LogP contribution in [0.2, 0.25) is 0 Å². The summed E-state index contributed by atoms with van der Waals surface area (Å²) < 4.78 is 35.6. The molecule has 1 N–H and O–H groups in total. The molecule has 0 fully saturated rings. The van der Waals surface area contributed by atoms with Crippen LogP contribution in [0.4, 0.5) is 28.4 Å². The van der Waals surface area contributed by atoms with Crippen LogP contribution in [-0.4, -0.2) is 108 Å². The number of fused-ring (bicyclic) bond motifs is 8. The van der Waals surface area contributed by atoms with Crippen LogP contribution in [0, 0.1) is 0 Å². The van der Waals surface area contributed by atoms with Gasteiger partial charge in [0, 0.05) is 100 Å². The Kier molecular flexibility index (Phi) is 15.8. The monoisotopic (exact) mass is 994 g/mol. The number of hydrogen-bond acceptors (Lipinski definition) is 13. The van der Waals surface area contributed by atoms with Gasteiger partial charge in [-0.25, -0.2) is 0 Å². The lowest BCUT2D eigenvalue weighted by molar-refractivity contribution is -0.122. The standard InChI is InChI=1S/C55H58N6O10S/c1-66-18-9-19-69-20-15-53(63)59(17-8-14-52(62)56-16-21-72)39-23-35(33-70-50-29-44-42(27-48(50)67-2)54(64)60-40(31-57-44)25-37-10-4-6-12-46(37)60)22-36(24-39)34-71-51-30-45-43(28-49(51)68-3)55(65)61-41(32-58-45)26-38-11-5-7-13-47(38)61/h4-7,10-13,22-24,27-32,40-41,72H,8-9,14-21,25-26,33-34H2,1-3H3,(H,56,62)/t40-,41-/m0/s1. The summed E-state index contributed by atoms with van der Waals surface area (Å²) >= 11 is 4.21. The Morgan fingerprint density at radius 1 is 0.681 bits per heavy atom. The molecule has 4 amide bonds. The first-order valence-electron chi connectivity index (χ1n) is 24.2. The van der Waals surface area contributed by atoms with E-state index in [2.05, 4.69) is 17.9 Å². The van der Waals surface area contributed by atoms with Crippen molar-refractivity contribution in [3.63, 3.8) is 0 Å². The van der Waals surface area contributed by atoms with Crippen molar-refractivity contribution in [3.8, 4) is 23.0 Å². The molecule has 0 saturated carbocycles. The Morgan fingerprint density at radius 2 is 1.24 bits per heavy atom. The number of aliphatic imine (C=N–C) groups is 2. The van der Waals surface area contributed by atoms with E-state index in [0.717, 1.165) is 22.5 Å². The minimum Gasteiger partial charge on any atom is -0.493 e. The minimum absolute atomic E-state index is 0.0202. The molecule has 9 rings (SSSR count). The number of hydrogen-bond donors (Lipinski definition) is 2. The summed E-state index contributed by atoms with van der Waals surface area (Å²) in [6.07, 6.45) is 6.31. The fourth-order valence-corrected chi connectivity index (χ4v) is 9.66. The van der Waals surface area contributed by atoms with E-state index < -0.39 is 0 Å². The third-order valence-electron chi connectivity index (χ3n) is 13.0. The third kappa shape index (κ3) is 10.8. The van der Waals surface area contributed by atoms with Gasteiger partial charge in [0.25, 0.3) is 11.8 Å². The molecule has 4 aliphatic rings. The Bertz CT molecular complexity index is 2750. The summed E-state index contributed by atoms with van der Waals surface area (Å²) in [4.78, 5) is 70.0. The number of nitrogens with zero attached hydrogens (tertiary/aromatic N) is 5. The Hall–Kier alpha value is -7.21. The fraction of sp³-hybridized carbons (Fsp3) is 0.345.